The van der Waals surface area contributed by atoms with E-state index in [4.69, 9.17) is 0 Å². The molecule has 0 spiro atoms. The zero-order chi connectivity index (χ0) is 13.7. The molecule has 0 amide bonds. The van der Waals surface area contributed by atoms with E-state index in [-0.39, 0.29) is 0 Å². The molecule has 2 aliphatic rings. The van der Waals surface area contributed by atoms with E-state index < -0.39 is 0 Å². The van der Waals surface area contributed by atoms with E-state index in [9.17, 15) is 0 Å². The van der Waals surface area contributed by atoms with Crippen molar-refractivity contribution in [3.63, 3.8) is 0 Å². The summed E-state index contributed by atoms with van der Waals surface area (Å²) in [6, 6.07) is 8.80. The number of nitrogens with zero attached hydrogens (tertiary/aromatic N) is 2. The van der Waals surface area contributed by atoms with Crippen LogP contribution in [0.25, 0.3) is 15.8 Å². The van der Waals surface area contributed by atoms with Gasteiger partial charge in [-0.1, -0.05) is 30.9 Å². The highest BCUT2D eigenvalue weighted by molar-refractivity contribution is 8.17. The number of fused-ring (bicyclic) bond motifs is 2. The summed E-state index contributed by atoms with van der Waals surface area (Å²) in [4.78, 5) is 9.45. The number of benzene rings is 1. The molecule has 2 aliphatic heterocycles. The van der Waals surface area contributed by atoms with Crippen LogP contribution in [0.2, 0.25) is 0 Å². The highest BCUT2D eigenvalue weighted by atomic mass is 32.2. The molecular weight excluding hydrogens is 284 g/mol. The van der Waals surface area contributed by atoms with E-state index in [1.807, 2.05) is 17.4 Å². The fourth-order valence-corrected chi connectivity index (χ4v) is 5.03. The van der Waals surface area contributed by atoms with Gasteiger partial charge in [-0.25, -0.2) is 0 Å². The van der Waals surface area contributed by atoms with E-state index >= 15 is 0 Å². The second-order valence-corrected chi connectivity index (χ2v) is 7.00. The maximum Gasteiger partial charge on any atom is 0.168 e. The van der Waals surface area contributed by atoms with Gasteiger partial charge in [-0.15, -0.1) is 11.3 Å². The number of aryl methyl sites for hydroxylation is 1. The molecule has 0 aliphatic carbocycles. The fourth-order valence-electron chi connectivity index (χ4n) is 2.72. The Morgan fingerprint density at radius 2 is 2.30 bits per heavy atom. The van der Waals surface area contributed by atoms with Gasteiger partial charge >= 0.3 is 0 Å². The number of rotatable bonds is 2. The summed E-state index contributed by atoms with van der Waals surface area (Å²) in [5, 5.41) is 2.46. The molecule has 0 radical (unpaired) electrons. The smallest absolute Gasteiger partial charge is 0.168 e. The van der Waals surface area contributed by atoms with Gasteiger partial charge in [0.05, 0.1) is 17.1 Å². The monoisotopic (exact) mass is 298 g/mol. The van der Waals surface area contributed by atoms with Gasteiger partial charge in [0.25, 0.3) is 0 Å². The topological polar surface area (TPSA) is 15.6 Å². The molecule has 4 heteroatoms. The number of thioether (sulfide) groups is 1. The van der Waals surface area contributed by atoms with Crippen LogP contribution in [-0.2, 0) is 0 Å². The van der Waals surface area contributed by atoms with Crippen LogP contribution in [0.3, 0.4) is 0 Å². The molecule has 2 nitrogen and oxygen atoms in total. The lowest BCUT2D eigenvalue weighted by Crippen LogP contribution is -2.19. The second-order valence-electron chi connectivity index (χ2n) is 4.94. The quantitative estimate of drug-likeness (QED) is 0.812. The Labute approximate surface area is 126 Å². The number of hydrogen-bond acceptors (Lipinski definition) is 4. The molecule has 1 aromatic carbocycles. The largest absolute Gasteiger partial charge is 0.317 e. The van der Waals surface area contributed by atoms with Crippen LogP contribution in [0.5, 0.6) is 0 Å². The Bertz CT molecular complexity index is 783. The van der Waals surface area contributed by atoms with Crippen molar-refractivity contribution < 1.29 is 0 Å². The first-order valence-corrected chi connectivity index (χ1v) is 8.27. The third-order valence-corrected chi connectivity index (χ3v) is 6.07. The molecule has 0 atom stereocenters. The number of allylic oxidation sites excluding steroid dienone is 1. The van der Waals surface area contributed by atoms with Gasteiger partial charge in [0.2, 0.25) is 0 Å². The molecule has 0 bridgehead atoms. The zero-order valence-electron chi connectivity index (χ0n) is 11.2. The van der Waals surface area contributed by atoms with Crippen LogP contribution in [-0.4, -0.2) is 23.2 Å². The van der Waals surface area contributed by atoms with E-state index in [1.165, 1.54) is 31.1 Å². The van der Waals surface area contributed by atoms with E-state index in [1.54, 1.807) is 11.8 Å². The molecule has 0 fully saturated rings. The standard InChI is InChI=1S/C16H14N2S2/c1-3-12-14(18-8-7-17-16(18)20-12)13-9-11-6-4-5-10(2)15(11)19-13/h3-6,9H,1,7-8H2,2H3. The van der Waals surface area contributed by atoms with Crippen molar-refractivity contribution in [2.24, 2.45) is 4.99 Å². The molecule has 0 N–H and O–H groups in total. The second kappa shape index (κ2) is 4.50. The maximum absolute atomic E-state index is 4.56. The van der Waals surface area contributed by atoms with Gasteiger partial charge in [0, 0.05) is 16.1 Å². The van der Waals surface area contributed by atoms with Crippen molar-refractivity contribution in [1.29, 1.82) is 0 Å². The summed E-state index contributed by atoms with van der Waals surface area (Å²) >= 11 is 3.62. The average Bonchev–Trinajstić information content (AvgIpc) is 3.10. The van der Waals surface area contributed by atoms with Gasteiger partial charge in [-0.05, 0) is 35.7 Å². The lowest BCUT2D eigenvalue weighted by molar-refractivity contribution is 0.650. The maximum atomic E-state index is 4.56. The molecule has 2 aromatic rings. The van der Waals surface area contributed by atoms with Gasteiger partial charge in [-0.2, -0.15) is 0 Å². The van der Waals surface area contributed by atoms with Crippen molar-refractivity contribution in [3.05, 3.63) is 52.3 Å². The summed E-state index contributed by atoms with van der Waals surface area (Å²) in [5.41, 5.74) is 2.64. The summed E-state index contributed by atoms with van der Waals surface area (Å²) in [6.07, 6.45) is 1.96. The van der Waals surface area contributed by atoms with Gasteiger partial charge < -0.3 is 4.90 Å². The minimum Gasteiger partial charge on any atom is -0.317 e. The van der Waals surface area contributed by atoms with Crippen LogP contribution >= 0.6 is 23.1 Å². The molecule has 0 saturated heterocycles. The minimum atomic E-state index is 0.903. The Morgan fingerprint density at radius 1 is 1.40 bits per heavy atom. The lowest BCUT2D eigenvalue weighted by Gasteiger charge is -2.15. The highest BCUT2D eigenvalue weighted by Gasteiger charge is 2.32. The van der Waals surface area contributed by atoms with Crippen molar-refractivity contribution in [2.75, 3.05) is 13.1 Å². The Balaban J connectivity index is 1.91. The number of amidine groups is 1. The van der Waals surface area contributed by atoms with Gasteiger partial charge in [-0.3, -0.25) is 4.99 Å². The molecule has 0 saturated carbocycles. The summed E-state index contributed by atoms with van der Waals surface area (Å²) in [6.45, 7) is 8.03. The molecular formula is C16H14N2S2. The molecule has 0 unspecified atom stereocenters. The van der Waals surface area contributed by atoms with Crippen LogP contribution in [0.15, 0.2) is 46.8 Å². The van der Waals surface area contributed by atoms with Crippen LogP contribution in [0.4, 0.5) is 0 Å². The van der Waals surface area contributed by atoms with E-state index in [0.29, 0.717) is 0 Å². The number of hydrogen-bond donors (Lipinski definition) is 0. The average molecular weight is 298 g/mol. The van der Waals surface area contributed by atoms with E-state index in [2.05, 4.69) is 47.7 Å². The third kappa shape index (κ3) is 1.68. The van der Waals surface area contributed by atoms with E-state index in [0.717, 1.165) is 18.3 Å². The zero-order valence-corrected chi connectivity index (χ0v) is 12.9. The van der Waals surface area contributed by atoms with Crippen LogP contribution in [0, 0.1) is 6.92 Å². The number of aliphatic imine (C=N–C) groups is 1. The molecule has 20 heavy (non-hydrogen) atoms. The van der Waals surface area contributed by atoms with Crippen molar-refractivity contribution >= 4 is 44.0 Å². The SMILES string of the molecule is C=CC1=C(c2cc3cccc(C)c3s2)N2CCN=C2S1. The molecule has 4 rings (SSSR count). The first kappa shape index (κ1) is 12.2. The predicted octanol–water partition coefficient (Wildman–Crippen LogP) is 4.48. The van der Waals surface area contributed by atoms with Crippen molar-refractivity contribution in [3.8, 4) is 0 Å². The van der Waals surface area contributed by atoms with Crippen LogP contribution in [0.1, 0.15) is 10.4 Å². The van der Waals surface area contributed by atoms with Crippen LogP contribution < -0.4 is 0 Å². The highest BCUT2D eigenvalue weighted by Crippen LogP contribution is 2.45. The van der Waals surface area contributed by atoms with Crippen molar-refractivity contribution in [2.45, 2.75) is 6.92 Å². The Hall–Kier alpha value is -1.52. The molecule has 1 aromatic heterocycles. The minimum absolute atomic E-state index is 0.903. The predicted molar refractivity (Wildman–Crippen MR) is 90.3 cm³/mol. The Morgan fingerprint density at radius 3 is 3.10 bits per heavy atom. The first-order valence-electron chi connectivity index (χ1n) is 6.64. The summed E-state index contributed by atoms with van der Waals surface area (Å²) in [5.74, 6) is 0. The normalized spacial score (nSPS) is 17.9. The third-order valence-electron chi connectivity index (χ3n) is 3.67. The number of thiophene rings is 1. The fraction of sp³-hybridized carbons (Fsp3) is 0.188. The summed E-state index contributed by atoms with van der Waals surface area (Å²) in [7, 11) is 0. The first-order chi connectivity index (χ1) is 9.78. The summed E-state index contributed by atoms with van der Waals surface area (Å²) < 4.78 is 1.38. The lowest BCUT2D eigenvalue weighted by atomic mass is 10.2. The molecule has 3 heterocycles. The van der Waals surface area contributed by atoms with Gasteiger partial charge in [0.1, 0.15) is 0 Å². The Kier molecular flexibility index (Phi) is 2.75. The van der Waals surface area contributed by atoms with Crippen molar-refractivity contribution in [1.82, 2.24) is 4.90 Å². The van der Waals surface area contributed by atoms with Gasteiger partial charge in [0.15, 0.2) is 5.17 Å². The molecule has 100 valence electrons.